The van der Waals surface area contributed by atoms with Gasteiger partial charge in [0, 0.05) is 44.9 Å². The number of nitrogens with zero attached hydrogens (tertiary/aromatic N) is 4. The van der Waals surface area contributed by atoms with Crippen LogP contribution in [0.2, 0.25) is 0 Å². The average molecular weight is 462 g/mol. The van der Waals surface area contributed by atoms with Crippen LogP contribution in [0.15, 0.2) is 42.9 Å². The third kappa shape index (κ3) is 5.04. The van der Waals surface area contributed by atoms with Crippen LogP contribution < -0.4 is 10.2 Å². The Morgan fingerprint density at radius 3 is 2.88 bits per heavy atom. The van der Waals surface area contributed by atoms with Gasteiger partial charge in [-0.05, 0) is 65.6 Å². The molecule has 1 fully saturated rings. The van der Waals surface area contributed by atoms with Crippen LogP contribution in [0.5, 0.6) is 0 Å². The van der Waals surface area contributed by atoms with Gasteiger partial charge in [0.2, 0.25) is 5.95 Å². The van der Waals surface area contributed by atoms with Crippen molar-refractivity contribution in [3.8, 4) is 0 Å². The van der Waals surface area contributed by atoms with Gasteiger partial charge in [0.25, 0.3) is 0 Å². The number of hydrogen-bond donors (Lipinski definition) is 2. The normalized spacial score (nSPS) is 16.4. The highest BCUT2D eigenvalue weighted by molar-refractivity contribution is 5.57. The number of anilines is 3. The van der Waals surface area contributed by atoms with E-state index >= 15 is 0 Å². The van der Waals surface area contributed by atoms with Gasteiger partial charge in [-0.25, -0.2) is 9.97 Å². The molecule has 3 aromatic rings. The van der Waals surface area contributed by atoms with E-state index in [9.17, 15) is 5.11 Å². The Morgan fingerprint density at radius 2 is 2.06 bits per heavy atom. The summed E-state index contributed by atoms with van der Waals surface area (Å²) in [5, 5.41) is 13.3. The van der Waals surface area contributed by atoms with Crippen LogP contribution >= 0.6 is 0 Å². The van der Waals surface area contributed by atoms with Gasteiger partial charge in [-0.1, -0.05) is 6.07 Å². The highest BCUT2D eigenvalue weighted by atomic mass is 16.5. The minimum atomic E-state index is 0.0123. The lowest BCUT2D eigenvalue weighted by Crippen LogP contribution is -2.31. The molecule has 2 aromatic heterocycles. The first-order valence-corrected chi connectivity index (χ1v) is 11.8. The molecule has 178 valence electrons. The second kappa shape index (κ2) is 10.5. The molecule has 34 heavy (non-hydrogen) atoms. The molecule has 0 saturated carbocycles. The Bertz CT molecular complexity index is 1130. The van der Waals surface area contributed by atoms with Crippen molar-refractivity contribution in [1.29, 1.82) is 0 Å². The Balaban J connectivity index is 1.32. The summed E-state index contributed by atoms with van der Waals surface area (Å²) in [6.07, 6.45) is 8.52. The average Bonchev–Trinajstić information content (AvgIpc) is 2.89. The minimum absolute atomic E-state index is 0.0123. The van der Waals surface area contributed by atoms with Gasteiger partial charge in [-0.2, -0.15) is 0 Å². The second-order valence-electron chi connectivity index (χ2n) is 8.90. The lowest BCUT2D eigenvalue weighted by molar-refractivity contribution is 0.0848. The van der Waals surface area contributed by atoms with Crippen molar-refractivity contribution in [2.24, 2.45) is 0 Å². The molecule has 0 unspecified atom stereocenters. The summed E-state index contributed by atoms with van der Waals surface area (Å²) in [7, 11) is 1.69. The molecule has 0 bridgehead atoms. The van der Waals surface area contributed by atoms with Gasteiger partial charge in [0.1, 0.15) is 0 Å². The van der Waals surface area contributed by atoms with Crippen LogP contribution in [0.25, 0.3) is 0 Å². The Morgan fingerprint density at radius 1 is 1.18 bits per heavy atom. The molecular weight excluding hydrogens is 430 g/mol. The number of aliphatic hydroxyl groups excluding tert-OH is 1. The molecule has 0 amide bonds. The zero-order valence-electron chi connectivity index (χ0n) is 19.5. The minimum Gasteiger partial charge on any atom is -0.392 e. The Labute approximate surface area is 200 Å². The molecule has 2 aliphatic heterocycles. The van der Waals surface area contributed by atoms with Gasteiger partial charge in [-0.3, -0.25) is 4.98 Å². The van der Waals surface area contributed by atoms with E-state index in [1.54, 1.807) is 7.11 Å². The summed E-state index contributed by atoms with van der Waals surface area (Å²) in [5.74, 6) is 1.00. The Kier molecular flexibility index (Phi) is 6.99. The largest absolute Gasteiger partial charge is 0.392 e. The number of nitrogens with one attached hydrogen (secondary N) is 1. The van der Waals surface area contributed by atoms with Crippen molar-refractivity contribution in [2.45, 2.75) is 44.9 Å². The van der Waals surface area contributed by atoms with E-state index in [0.29, 0.717) is 25.0 Å². The predicted molar refractivity (Wildman–Crippen MR) is 130 cm³/mol. The summed E-state index contributed by atoms with van der Waals surface area (Å²) in [5.41, 5.74) is 7.36. The molecule has 4 heterocycles. The highest BCUT2D eigenvalue weighted by Crippen LogP contribution is 2.32. The van der Waals surface area contributed by atoms with Crippen LogP contribution in [-0.2, 0) is 35.7 Å². The van der Waals surface area contributed by atoms with Gasteiger partial charge in [-0.15, -0.1) is 0 Å². The molecule has 2 N–H and O–H groups in total. The SMILES string of the molecule is COCc1cncc(N2CCc3cnc(Nc4ccc(C5CCOCC5)c(CO)c4)nc3C2)c1. The third-order valence-electron chi connectivity index (χ3n) is 6.63. The van der Waals surface area contributed by atoms with Crippen LogP contribution in [0.4, 0.5) is 17.3 Å². The van der Waals surface area contributed by atoms with Crippen molar-refractivity contribution >= 4 is 17.3 Å². The first kappa shape index (κ1) is 22.7. The molecule has 0 aliphatic carbocycles. The molecule has 0 radical (unpaired) electrons. The summed E-state index contributed by atoms with van der Waals surface area (Å²) in [6, 6.07) is 8.29. The molecule has 8 nitrogen and oxygen atoms in total. The lowest BCUT2D eigenvalue weighted by Gasteiger charge is -2.30. The van der Waals surface area contributed by atoms with Gasteiger partial charge >= 0.3 is 0 Å². The molecule has 0 spiro atoms. The number of ether oxygens (including phenoxy) is 2. The van der Waals surface area contributed by atoms with Crippen molar-refractivity contribution < 1.29 is 14.6 Å². The standard InChI is InChI=1S/C26H31N5O3/c1-33-17-18-10-23(14-27-12-18)31-7-4-20-13-28-26(30-25(20)15-31)29-22-2-3-24(21(11-22)16-32)19-5-8-34-9-6-19/h2-3,10-14,19,32H,4-9,15-17H2,1H3,(H,28,29,30). The molecule has 1 saturated heterocycles. The van der Waals surface area contributed by atoms with E-state index in [-0.39, 0.29) is 6.61 Å². The monoisotopic (exact) mass is 461 g/mol. The summed E-state index contributed by atoms with van der Waals surface area (Å²) in [6.45, 7) is 3.72. The van der Waals surface area contributed by atoms with Crippen LogP contribution in [0.3, 0.4) is 0 Å². The van der Waals surface area contributed by atoms with E-state index in [4.69, 9.17) is 14.5 Å². The third-order valence-corrected chi connectivity index (χ3v) is 6.63. The fourth-order valence-electron chi connectivity index (χ4n) is 4.83. The molecule has 0 atom stereocenters. The topological polar surface area (TPSA) is 92.6 Å². The molecular formula is C26H31N5O3. The second-order valence-corrected chi connectivity index (χ2v) is 8.90. The maximum atomic E-state index is 9.98. The zero-order chi connectivity index (χ0) is 23.3. The zero-order valence-corrected chi connectivity index (χ0v) is 19.5. The molecule has 2 aliphatic rings. The summed E-state index contributed by atoms with van der Waals surface area (Å²) >= 11 is 0. The number of aliphatic hydroxyl groups is 1. The first-order valence-electron chi connectivity index (χ1n) is 11.8. The number of benzene rings is 1. The lowest BCUT2D eigenvalue weighted by atomic mass is 9.88. The maximum Gasteiger partial charge on any atom is 0.227 e. The number of hydrogen-bond acceptors (Lipinski definition) is 8. The number of aromatic nitrogens is 3. The molecule has 1 aromatic carbocycles. The molecule has 8 heteroatoms. The predicted octanol–water partition coefficient (Wildman–Crippen LogP) is 3.71. The fourth-order valence-corrected chi connectivity index (χ4v) is 4.83. The number of fused-ring (bicyclic) bond motifs is 1. The van der Waals surface area contributed by atoms with Crippen molar-refractivity contribution in [2.75, 3.05) is 37.1 Å². The van der Waals surface area contributed by atoms with E-state index in [0.717, 1.165) is 67.2 Å². The van der Waals surface area contributed by atoms with Gasteiger partial charge in [0.05, 0.1) is 37.3 Å². The van der Waals surface area contributed by atoms with Crippen LogP contribution in [0, 0.1) is 0 Å². The van der Waals surface area contributed by atoms with E-state index in [1.165, 1.54) is 11.1 Å². The van der Waals surface area contributed by atoms with Crippen molar-refractivity contribution in [3.05, 3.63) is 70.8 Å². The fraction of sp³-hybridized carbons (Fsp3) is 0.423. The van der Waals surface area contributed by atoms with Crippen LogP contribution in [0.1, 0.15) is 46.7 Å². The highest BCUT2D eigenvalue weighted by Gasteiger charge is 2.21. The van der Waals surface area contributed by atoms with Crippen molar-refractivity contribution in [1.82, 2.24) is 15.0 Å². The quantitative estimate of drug-likeness (QED) is 0.550. The van der Waals surface area contributed by atoms with Crippen molar-refractivity contribution in [3.63, 3.8) is 0 Å². The number of methoxy groups -OCH3 is 1. The first-order chi connectivity index (χ1) is 16.7. The summed E-state index contributed by atoms with van der Waals surface area (Å²) < 4.78 is 10.7. The summed E-state index contributed by atoms with van der Waals surface area (Å²) in [4.78, 5) is 16.0. The van der Waals surface area contributed by atoms with Gasteiger partial charge in [0.15, 0.2) is 0 Å². The van der Waals surface area contributed by atoms with E-state index < -0.39 is 0 Å². The van der Waals surface area contributed by atoms with E-state index in [1.807, 2.05) is 30.7 Å². The number of pyridine rings is 1. The van der Waals surface area contributed by atoms with Crippen LogP contribution in [-0.4, -0.2) is 46.9 Å². The van der Waals surface area contributed by atoms with Gasteiger partial charge < -0.3 is 24.8 Å². The van der Waals surface area contributed by atoms with E-state index in [2.05, 4.69) is 32.3 Å². The maximum absolute atomic E-state index is 9.98. The Hall–Kier alpha value is -3.07. The smallest absolute Gasteiger partial charge is 0.227 e. The molecule has 5 rings (SSSR count). The number of rotatable bonds is 7.